The maximum absolute atomic E-state index is 12.0. The molecule has 0 bridgehead atoms. The second-order valence-electron chi connectivity index (χ2n) is 3.78. The van der Waals surface area contributed by atoms with Gasteiger partial charge in [-0.25, -0.2) is 13.6 Å². The third-order valence-corrected chi connectivity index (χ3v) is 4.46. The summed E-state index contributed by atoms with van der Waals surface area (Å²) in [7, 11) is -3.98. The van der Waals surface area contributed by atoms with E-state index in [4.69, 9.17) is 10.9 Å². The van der Waals surface area contributed by atoms with Gasteiger partial charge >= 0.3 is 0 Å². The maximum Gasteiger partial charge on any atom is 0.267 e. The minimum atomic E-state index is -3.98. The van der Waals surface area contributed by atoms with Crippen LogP contribution < -0.4 is 16.2 Å². The fourth-order valence-electron chi connectivity index (χ4n) is 1.44. The first kappa shape index (κ1) is 15.0. The lowest BCUT2D eigenvalue weighted by Gasteiger charge is -2.05. The molecule has 0 aliphatic rings. The summed E-state index contributed by atoms with van der Waals surface area (Å²) < 4.78 is 21.7. The highest BCUT2D eigenvalue weighted by Crippen LogP contribution is 2.19. The van der Waals surface area contributed by atoms with Crippen molar-refractivity contribution >= 4 is 38.3 Å². The zero-order chi connectivity index (χ0) is 15.6. The van der Waals surface area contributed by atoms with E-state index in [2.05, 4.69) is 15.5 Å². The molecule has 110 valence electrons. The largest absolute Gasteiger partial charge is 0.366 e. The molecule has 1 aromatic carbocycles. The Morgan fingerprint density at radius 1 is 1.14 bits per heavy atom. The lowest BCUT2D eigenvalue weighted by Crippen LogP contribution is -2.20. The van der Waals surface area contributed by atoms with Crippen LogP contribution in [0.2, 0.25) is 0 Å². The van der Waals surface area contributed by atoms with Crippen molar-refractivity contribution < 1.29 is 18.0 Å². The number of aromatic nitrogens is 2. The average molecular weight is 327 g/mol. The SMILES string of the molecule is NC(=O)c1ccccc1C(=O)Nc1nnc(S(N)(=O)=O)s1. The quantitative estimate of drug-likeness (QED) is 0.644. The van der Waals surface area contributed by atoms with Crippen LogP contribution in [0.25, 0.3) is 0 Å². The summed E-state index contributed by atoms with van der Waals surface area (Å²) in [6.45, 7) is 0. The number of hydrogen-bond donors (Lipinski definition) is 3. The highest BCUT2D eigenvalue weighted by molar-refractivity contribution is 7.91. The number of nitrogens with zero attached hydrogens (tertiary/aromatic N) is 2. The van der Waals surface area contributed by atoms with Gasteiger partial charge in [0, 0.05) is 0 Å². The molecule has 2 amide bonds. The molecule has 1 aromatic heterocycles. The van der Waals surface area contributed by atoms with Crippen LogP contribution in [0.15, 0.2) is 28.6 Å². The second-order valence-corrected chi connectivity index (χ2v) is 6.49. The Morgan fingerprint density at radius 2 is 1.76 bits per heavy atom. The fraction of sp³-hybridized carbons (Fsp3) is 0. The summed E-state index contributed by atoms with van der Waals surface area (Å²) in [6.07, 6.45) is 0. The molecule has 0 aliphatic heterocycles. The van der Waals surface area contributed by atoms with Gasteiger partial charge in [0.1, 0.15) is 0 Å². The lowest BCUT2D eigenvalue weighted by atomic mass is 10.1. The molecule has 0 unspecified atom stereocenters. The van der Waals surface area contributed by atoms with Gasteiger partial charge in [-0.15, -0.1) is 10.2 Å². The Kier molecular flexibility index (Phi) is 3.97. The van der Waals surface area contributed by atoms with Crippen LogP contribution in [0.3, 0.4) is 0 Å². The van der Waals surface area contributed by atoms with Gasteiger partial charge in [-0.2, -0.15) is 0 Å². The van der Waals surface area contributed by atoms with Crippen molar-refractivity contribution in [2.75, 3.05) is 5.32 Å². The van der Waals surface area contributed by atoms with E-state index in [1.165, 1.54) is 12.1 Å². The average Bonchev–Trinajstić information content (AvgIpc) is 2.87. The molecule has 5 N–H and O–H groups in total. The van der Waals surface area contributed by atoms with Gasteiger partial charge in [-0.1, -0.05) is 23.5 Å². The number of primary sulfonamides is 1. The highest BCUT2D eigenvalue weighted by atomic mass is 32.2. The summed E-state index contributed by atoms with van der Waals surface area (Å²) in [6, 6.07) is 5.91. The molecule has 2 aromatic rings. The van der Waals surface area contributed by atoms with Crippen LogP contribution in [0.1, 0.15) is 20.7 Å². The monoisotopic (exact) mass is 327 g/mol. The van der Waals surface area contributed by atoms with Gasteiger partial charge in [0.25, 0.3) is 15.9 Å². The summed E-state index contributed by atoms with van der Waals surface area (Å²) in [5.74, 6) is -1.43. The molecular formula is C10H9N5O4S2. The first-order valence-corrected chi connectivity index (χ1v) is 7.72. The predicted octanol–water partition coefficient (Wildman–Crippen LogP) is -0.463. The van der Waals surface area contributed by atoms with E-state index in [-0.39, 0.29) is 16.3 Å². The van der Waals surface area contributed by atoms with Crippen molar-refractivity contribution in [2.45, 2.75) is 4.34 Å². The van der Waals surface area contributed by atoms with Gasteiger partial charge in [0.2, 0.25) is 15.4 Å². The van der Waals surface area contributed by atoms with Gasteiger partial charge in [-0.3, -0.25) is 14.9 Å². The molecule has 0 radical (unpaired) electrons. The normalized spacial score (nSPS) is 11.1. The van der Waals surface area contributed by atoms with Crippen LogP contribution in [0.5, 0.6) is 0 Å². The van der Waals surface area contributed by atoms with Gasteiger partial charge in [0.15, 0.2) is 0 Å². The Hall–Kier alpha value is -2.37. The third kappa shape index (κ3) is 3.39. The van der Waals surface area contributed by atoms with Crippen molar-refractivity contribution in [3.05, 3.63) is 35.4 Å². The highest BCUT2D eigenvalue weighted by Gasteiger charge is 2.19. The first-order chi connectivity index (χ1) is 9.79. The molecule has 11 heteroatoms. The fourth-order valence-corrected chi connectivity index (χ4v) is 2.76. The van der Waals surface area contributed by atoms with Crippen LogP contribution in [-0.2, 0) is 10.0 Å². The van der Waals surface area contributed by atoms with Gasteiger partial charge in [-0.05, 0) is 12.1 Å². The number of hydrogen-bond acceptors (Lipinski definition) is 7. The second kappa shape index (κ2) is 5.55. The molecule has 0 atom stereocenters. The minimum Gasteiger partial charge on any atom is -0.366 e. The summed E-state index contributed by atoms with van der Waals surface area (Å²) >= 11 is 0.594. The summed E-state index contributed by atoms with van der Waals surface area (Å²) in [5, 5.41) is 14.0. The molecule has 21 heavy (non-hydrogen) atoms. The van der Waals surface area contributed by atoms with Crippen molar-refractivity contribution in [1.29, 1.82) is 0 Å². The number of benzene rings is 1. The topological polar surface area (TPSA) is 158 Å². The van der Waals surface area contributed by atoms with Crippen LogP contribution in [0.4, 0.5) is 5.13 Å². The Labute approximate surface area is 123 Å². The number of carbonyl (C=O) groups is 2. The van der Waals surface area contributed by atoms with E-state index >= 15 is 0 Å². The molecule has 9 nitrogen and oxygen atoms in total. The van der Waals surface area contributed by atoms with Crippen LogP contribution in [-0.4, -0.2) is 30.4 Å². The van der Waals surface area contributed by atoms with Crippen molar-refractivity contribution in [3.63, 3.8) is 0 Å². The molecule has 0 aliphatic carbocycles. The number of primary amides is 1. The van der Waals surface area contributed by atoms with E-state index in [1.807, 2.05) is 0 Å². The maximum atomic E-state index is 12.0. The summed E-state index contributed by atoms with van der Waals surface area (Å²) in [4.78, 5) is 23.3. The van der Waals surface area contributed by atoms with Crippen molar-refractivity contribution in [1.82, 2.24) is 10.2 Å². The molecule has 1 heterocycles. The van der Waals surface area contributed by atoms with Crippen molar-refractivity contribution in [3.8, 4) is 0 Å². The van der Waals surface area contributed by atoms with E-state index < -0.39 is 26.2 Å². The number of sulfonamides is 1. The molecular weight excluding hydrogens is 318 g/mol. The van der Waals surface area contributed by atoms with E-state index in [1.54, 1.807) is 12.1 Å². The van der Waals surface area contributed by atoms with Gasteiger partial charge in [0.05, 0.1) is 11.1 Å². The number of rotatable bonds is 4. The Morgan fingerprint density at radius 3 is 2.29 bits per heavy atom. The molecule has 0 saturated carbocycles. The Bertz CT molecular complexity index is 814. The number of nitrogens with two attached hydrogens (primary N) is 2. The zero-order valence-electron chi connectivity index (χ0n) is 10.3. The standard InChI is InChI=1S/C10H9N5O4S2/c11-7(16)5-3-1-2-4-6(5)8(17)13-9-14-15-10(20-9)21(12,18)19/h1-4H,(H2,11,16)(H2,12,18,19)(H,13,14,17). The van der Waals surface area contributed by atoms with E-state index in [9.17, 15) is 18.0 Å². The van der Waals surface area contributed by atoms with E-state index in [0.29, 0.717) is 11.3 Å². The minimum absolute atomic E-state index is 0.0335. The Balaban J connectivity index is 2.27. The van der Waals surface area contributed by atoms with Crippen molar-refractivity contribution in [2.24, 2.45) is 10.9 Å². The number of anilines is 1. The molecule has 0 saturated heterocycles. The predicted molar refractivity (Wildman–Crippen MR) is 74.2 cm³/mol. The smallest absolute Gasteiger partial charge is 0.267 e. The summed E-state index contributed by atoms with van der Waals surface area (Å²) in [5.41, 5.74) is 5.24. The number of carbonyl (C=O) groups excluding carboxylic acids is 2. The molecule has 0 spiro atoms. The lowest BCUT2D eigenvalue weighted by molar-refractivity contribution is 0.0977. The number of amides is 2. The van der Waals surface area contributed by atoms with E-state index in [0.717, 1.165) is 0 Å². The van der Waals surface area contributed by atoms with Crippen LogP contribution in [0, 0.1) is 0 Å². The van der Waals surface area contributed by atoms with Crippen LogP contribution >= 0.6 is 11.3 Å². The third-order valence-electron chi connectivity index (χ3n) is 2.31. The molecule has 2 rings (SSSR count). The number of nitrogens with one attached hydrogen (secondary N) is 1. The van der Waals surface area contributed by atoms with Gasteiger partial charge < -0.3 is 5.73 Å². The molecule has 0 fully saturated rings. The first-order valence-electron chi connectivity index (χ1n) is 5.35. The zero-order valence-corrected chi connectivity index (χ0v) is 11.9.